The standard InChI is InChI=1S/C23H30N6O2S/c1-6-24-19-14-18(23(19,3)4)22-27-26-21(28(22)5)15-25-20-8-7-13-29(20)32(30,31)17-11-9-16(2)10-12-17/h7-13,15,18-19,24H,6,14H2,1-5H3/b25-15-. The Kier molecular flexibility index (Phi) is 5.81. The van der Waals surface area contributed by atoms with Crippen molar-refractivity contribution in [1.82, 2.24) is 24.1 Å². The van der Waals surface area contributed by atoms with Crippen LogP contribution in [0, 0.1) is 12.3 Å². The van der Waals surface area contributed by atoms with Gasteiger partial charge < -0.3 is 9.88 Å². The van der Waals surface area contributed by atoms with Crippen LogP contribution in [-0.2, 0) is 17.1 Å². The smallest absolute Gasteiger partial charge is 0.269 e. The molecule has 9 heteroatoms. The number of aryl methyl sites for hydroxylation is 1. The van der Waals surface area contributed by atoms with E-state index < -0.39 is 10.0 Å². The highest BCUT2D eigenvalue weighted by Gasteiger charge is 2.50. The third-order valence-corrected chi connectivity index (χ3v) is 8.25. The second-order valence-electron chi connectivity index (χ2n) is 8.93. The van der Waals surface area contributed by atoms with E-state index in [-0.39, 0.29) is 10.3 Å². The zero-order valence-electron chi connectivity index (χ0n) is 19.1. The minimum atomic E-state index is -3.73. The van der Waals surface area contributed by atoms with Gasteiger partial charge in [0, 0.05) is 25.2 Å². The van der Waals surface area contributed by atoms with Crippen LogP contribution in [0.1, 0.15) is 50.3 Å². The van der Waals surface area contributed by atoms with Gasteiger partial charge in [0.2, 0.25) is 0 Å². The molecule has 1 aliphatic carbocycles. The van der Waals surface area contributed by atoms with Crippen molar-refractivity contribution in [3.05, 3.63) is 59.8 Å². The molecule has 0 saturated heterocycles. The summed E-state index contributed by atoms with van der Waals surface area (Å²) < 4.78 is 29.2. The average Bonchev–Trinajstić information content (AvgIpc) is 3.37. The maximum Gasteiger partial charge on any atom is 0.269 e. The first-order valence-corrected chi connectivity index (χ1v) is 12.3. The monoisotopic (exact) mass is 454 g/mol. The fourth-order valence-electron chi connectivity index (χ4n) is 4.33. The highest BCUT2D eigenvalue weighted by molar-refractivity contribution is 7.90. The number of benzene rings is 1. The van der Waals surface area contributed by atoms with E-state index in [2.05, 4.69) is 41.3 Å². The van der Waals surface area contributed by atoms with Gasteiger partial charge in [-0.15, -0.1) is 10.2 Å². The highest BCUT2D eigenvalue weighted by atomic mass is 32.2. The SMILES string of the molecule is CCNC1CC(c2nnc(/C=N\c3cccn3S(=O)(=O)c3ccc(C)cc3)n2C)C1(C)C. The molecule has 1 N–H and O–H groups in total. The third-order valence-electron chi connectivity index (χ3n) is 6.55. The van der Waals surface area contributed by atoms with Crippen LogP contribution in [0.3, 0.4) is 0 Å². The van der Waals surface area contributed by atoms with E-state index in [0.29, 0.717) is 23.6 Å². The number of nitrogens with zero attached hydrogens (tertiary/aromatic N) is 5. The van der Waals surface area contributed by atoms with Gasteiger partial charge in [-0.25, -0.2) is 17.4 Å². The number of hydrogen-bond acceptors (Lipinski definition) is 6. The molecule has 8 nitrogen and oxygen atoms in total. The predicted octanol–water partition coefficient (Wildman–Crippen LogP) is 3.40. The molecule has 170 valence electrons. The van der Waals surface area contributed by atoms with Crippen molar-refractivity contribution in [2.75, 3.05) is 6.54 Å². The van der Waals surface area contributed by atoms with Crippen LogP contribution >= 0.6 is 0 Å². The highest BCUT2D eigenvalue weighted by Crippen LogP contribution is 2.51. The first-order valence-electron chi connectivity index (χ1n) is 10.8. The molecule has 1 fully saturated rings. The molecule has 1 aromatic carbocycles. The lowest BCUT2D eigenvalue weighted by Crippen LogP contribution is -2.55. The molecule has 1 aliphatic rings. The van der Waals surface area contributed by atoms with Crippen LogP contribution < -0.4 is 5.32 Å². The Morgan fingerprint density at radius 2 is 1.94 bits per heavy atom. The molecule has 2 atom stereocenters. The van der Waals surface area contributed by atoms with E-state index in [0.717, 1.165) is 24.4 Å². The number of rotatable bonds is 7. The van der Waals surface area contributed by atoms with Crippen LogP contribution in [-0.4, -0.2) is 46.0 Å². The van der Waals surface area contributed by atoms with Gasteiger partial charge in [-0.2, -0.15) is 0 Å². The number of hydrogen-bond donors (Lipinski definition) is 1. The van der Waals surface area contributed by atoms with Crippen molar-refractivity contribution >= 4 is 22.1 Å². The first-order chi connectivity index (χ1) is 15.2. The lowest BCUT2D eigenvalue weighted by molar-refractivity contribution is 0.0632. The lowest BCUT2D eigenvalue weighted by Gasteiger charge is -2.51. The zero-order valence-corrected chi connectivity index (χ0v) is 20.0. The van der Waals surface area contributed by atoms with E-state index in [4.69, 9.17) is 0 Å². The van der Waals surface area contributed by atoms with E-state index in [1.165, 1.54) is 10.2 Å². The number of nitrogens with one attached hydrogen (secondary N) is 1. The maximum absolute atomic E-state index is 13.1. The second kappa shape index (κ2) is 8.29. The molecular formula is C23H30N6O2S. The van der Waals surface area contributed by atoms with Gasteiger partial charge in [0.25, 0.3) is 10.0 Å². The first kappa shape index (κ1) is 22.4. The van der Waals surface area contributed by atoms with Crippen LogP contribution in [0.25, 0.3) is 0 Å². The Hall–Kier alpha value is -2.78. The maximum atomic E-state index is 13.1. The fraction of sp³-hybridized carbons (Fsp3) is 0.435. The molecule has 32 heavy (non-hydrogen) atoms. The van der Waals surface area contributed by atoms with Crippen molar-refractivity contribution in [1.29, 1.82) is 0 Å². The second-order valence-corrected chi connectivity index (χ2v) is 10.7. The topological polar surface area (TPSA) is 94.2 Å². The summed E-state index contributed by atoms with van der Waals surface area (Å²) in [4.78, 5) is 4.65. The Morgan fingerprint density at radius 1 is 1.22 bits per heavy atom. The van der Waals surface area contributed by atoms with Gasteiger partial charge in [0.15, 0.2) is 5.82 Å². The van der Waals surface area contributed by atoms with Crippen LogP contribution in [0.15, 0.2) is 52.5 Å². The number of aliphatic imine (C=N–C) groups is 1. The lowest BCUT2D eigenvalue weighted by atomic mass is 9.58. The fourth-order valence-corrected chi connectivity index (χ4v) is 5.63. The van der Waals surface area contributed by atoms with Gasteiger partial charge in [-0.1, -0.05) is 38.5 Å². The minimum absolute atomic E-state index is 0.0853. The van der Waals surface area contributed by atoms with Crippen LogP contribution in [0.2, 0.25) is 0 Å². The van der Waals surface area contributed by atoms with E-state index in [1.807, 2.05) is 18.5 Å². The van der Waals surface area contributed by atoms with Gasteiger partial charge in [-0.05, 0) is 49.6 Å². The number of aromatic nitrogens is 4. The summed E-state index contributed by atoms with van der Waals surface area (Å²) in [6.45, 7) is 9.49. The van der Waals surface area contributed by atoms with E-state index in [1.54, 1.807) is 42.6 Å². The molecule has 2 unspecified atom stereocenters. The van der Waals surface area contributed by atoms with Crippen molar-refractivity contribution in [2.45, 2.75) is 51.0 Å². The van der Waals surface area contributed by atoms with Crippen molar-refractivity contribution < 1.29 is 8.42 Å². The molecule has 4 rings (SSSR count). The molecule has 2 heterocycles. The minimum Gasteiger partial charge on any atom is -0.314 e. The Balaban J connectivity index is 1.58. The predicted molar refractivity (Wildman–Crippen MR) is 125 cm³/mol. The summed E-state index contributed by atoms with van der Waals surface area (Å²) in [7, 11) is -1.81. The largest absolute Gasteiger partial charge is 0.314 e. The normalized spacial score (nSPS) is 20.5. The van der Waals surface area contributed by atoms with Crippen LogP contribution in [0.5, 0.6) is 0 Å². The van der Waals surface area contributed by atoms with Gasteiger partial charge in [0.1, 0.15) is 11.6 Å². The summed E-state index contributed by atoms with van der Waals surface area (Å²) in [5, 5.41) is 12.3. The molecule has 1 saturated carbocycles. The van der Waals surface area contributed by atoms with Crippen molar-refractivity contribution in [3.8, 4) is 0 Å². The van der Waals surface area contributed by atoms with Crippen LogP contribution in [0.4, 0.5) is 5.82 Å². The van der Waals surface area contributed by atoms with E-state index >= 15 is 0 Å². The molecular weight excluding hydrogens is 424 g/mol. The van der Waals surface area contributed by atoms with Gasteiger partial charge >= 0.3 is 0 Å². The molecule has 0 spiro atoms. The van der Waals surface area contributed by atoms with Gasteiger partial charge in [-0.3, -0.25) is 0 Å². The Labute approximate surface area is 189 Å². The summed E-state index contributed by atoms with van der Waals surface area (Å²) in [5.74, 6) is 2.12. The van der Waals surface area contributed by atoms with Crippen molar-refractivity contribution in [3.63, 3.8) is 0 Å². The Bertz CT molecular complexity index is 1240. The summed E-state index contributed by atoms with van der Waals surface area (Å²) >= 11 is 0. The quantitative estimate of drug-likeness (QED) is 0.552. The van der Waals surface area contributed by atoms with Crippen molar-refractivity contribution in [2.24, 2.45) is 17.5 Å². The Morgan fingerprint density at radius 3 is 2.59 bits per heavy atom. The van der Waals surface area contributed by atoms with E-state index in [9.17, 15) is 8.42 Å². The molecule has 2 aromatic heterocycles. The third kappa shape index (κ3) is 3.80. The summed E-state index contributed by atoms with van der Waals surface area (Å²) in [6.07, 6.45) is 4.09. The zero-order chi connectivity index (χ0) is 23.1. The molecule has 3 aromatic rings. The molecule has 0 radical (unpaired) electrons. The summed E-state index contributed by atoms with van der Waals surface area (Å²) in [6, 6.07) is 10.6. The average molecular weight is 455 g/mol. The summed E-state index contributed by atoms with van der Waals surface area (Å²) in [5.41, 5.74) is 1.08. The van der Waals surface area contributed by atoms with Gasteiger partial charge in [0.05, 0.1) is 11.1 Å². The molecule has 0 amide bonds. The molecule has 0 aliphatic heterocycles. The molecule has 0 bridgehead atoms.